The Balaban J connectivity index is 1.65. The molecule has 5 heteroatoms. The largest absolute Gasteiger partial charge is 0.359 e. The fourth-order valence-corrected chi connectivity index (χ4v) is 4.10. The van der Waals surface area contributed by atoms with Crippen molar-refractivity contribution >= 4 is 28.5 Å². The number of imide groups is 1. The van der Waals surface area contributed by atoms with Gasteiger partial charge in [0.05, 0.1) is 11.7 Å². The summed E-state index contributed by atoms with van der Waals surface area (Å²) in [7, 11) is 0. The molecule has 3 amide bonds. The first-order valence-corrected chi connectivity index (χ1v) is 7.66. The van der Waals surface area contributed by atoms with Crippen molar-refractivity contribution in [3.63, 3.8) is 0 Å². The maximum absolute atomic E-state index is 12.9. The van der Waals surface area contributed by atoms with E-state index in [2.05, 4.69) is 17.1 Å². The molecule has 0 radical (unpaired) electrons. The Kier molecular flexibility index (Phi) is 2.19. The van der Waals surface area contributed by atoms with Crippen molar-refractivity contribution in [1.82, 2.24) is 9.88 Å². The molecule has 0 spiro atoms. The van der Waals surface area contributed by atoms with Gasteiger partial charge in [0.15, 0.2) is 0 Å². The van der Waals surface area contributed by atoms with Crippen LogP contribution in [0.25, 0.3) is 10.9 Å². The van der Waals surface area contributed by atoms with Crippen LogP contribution in [0.4, 0.5) is 10.5 Å². The summed E-state index contributed by atoms with van der Waals surface area (Å²) in [6.07, 6.45) is 7.89. The van der Waals surface area contributed by atoms with Gasteiger partial charge in [0.1, 0.15) is 6.04 Å². The maximum atomic E-state index is 12.9. The topological polar surface area (TPSA) is 56.4 Å². The second-order valence-electron chi connectivity index (χ2n) is 6.22. The molecular formula is C17H15N3O2. The molecule has 22 heavy (non-hydrogen) atoms. The van der Waals surface area contributed by atoms with E-state index < -0.39 is 0 Å². The van der Waals surface area contributed by atoms with E-state index in [9.17, 15) is 9.59 Å². The third-order valence-corrected chi connectivity index (χ3v) is 5.13. The second-order valence-corrected chi connectivity index (χ2v) is 6.22. The molecule has 3 atom stereocenters. The first kappa shape index (κ1) is 12.0. The summed E-state index contributed by atoms with van der Waals surface area (Å²) in [6.45, 7) is 0. The summed E-state index contributed by atoms with van der Waals surface area (Å²) in [5.74, 6) is 0.0745. The number of hydrogen-bond donors (Lipinski definition) is 1. The highest BCUT2D eigenvalue weighted by Gasteiger charge is 2.55. The minimum Gasteiger partial charge on any atom is -0.359 e. The van der Waals surface area contributed by atoms with E-state index in [1.807, 2.05) is 24.3 Å². The van der Waals surface area contributed by atoms with Gasteiger partial charge in [-0.15, -0.1) is 0 Å². The number of fused-ring (bicyclic) bond motifs is 2. The zero-order valence-corrected chi connectivity index (χ0v) is 11.9. The van der Waals surface area contributed by atoms with Crippen LogP contribution in [-0.2, 0) is 4.79 Å². The Morgan fingerprint density at radius 2 is 1.95 bits per heavy atom. The number of carbonyl (C=O) groups excluding carboxylic acids is 2. The number of anilines is 1. The summed E-state index contributed by atoms with van der Waals surface area (Å²) < 4.78 is 0. The minimum atomic E-state index is -0.315. The number of amides is 3. The van der Waals surface area contributed by atoms with Crippen molar-refractivity contribution in [3.05, 3.63) is 42.6 Å². The SMILES string of the molecule is O=C1[C@H]2C3C=CC(CC3)N2C(=O)N1c1c[nH]c2ccccc12. The van der Waals surface area contributed by atoms with E-state index in [1.165, 1.54) is 4.90 Å². The molecule has 2 aromatic rings. The van der Waals surface area contributed by atoms with Gasteiger partial charge in [0.25, 0.3) is 5.91 Å². The highest BCUT2D eigenvalue weighted by Crippen LogP contribution is 2.42. The Morgan fingerprint density at radius 1 is 1.09 bits per heavy atom. The van der Waals surface area contributed by atoms with Crippen LogP contribution in [0.5, 0.6) is 0 Å². The van der Waals surface area contributed by atoms with E-state index in [1.54, 1.807) is 11.1 Å². The molecule has 2 fully saturated rings. The highest BCUT2D eigenvalue weighted by molar-refractivity contribution is 6.24. The van der Waals surface area contributed by atoms with Crippen LogP contribution in [0, 0.1) is 5.92 Å². The first-order chi connectivity index (χ1) is 10.8. The molecule has 6 rings (SSSR count). The van der Waals surface area contributed by atoms with Crippen LogP contribution >= 0.6 is 0 Å². The number of benzene rings is 1. The molecule has 3 aliphatic heterocycles. The van der Waals surface area contributed by atoms with Crippen LogP contribution in [0.15, 0.2) is 42.6 Å². The van der Waals surface area contributed by atoms with Crippen molar-refractivity contribution in [2.24, 2.45) is 5.92 Å². The predicted molar refractivity (Wildman–Crippen MR) is 82.5 cm³/mol. The predicted octanol–water partition coefficient (Wildman–Crippen LogP) is 2.65. The standard InChI is InChI=1S/C17H15N3O2/c21-16-15-10-5-7-11(8-6-10)19(15)17(22)20(16)14-9-18-13-4-2-1-3-12(13)14/h1-5,7,9-11,15,18H,6,8H2/t10?,11?,15-/m1/s1. The average Bonchev–Trinajstić information content (AvgIpc) is 3.10. The number of piperidine rings is 1. The quantitative estimate of drug-likeness (QED) is 0.649. The van der Waals surface area contributed by atoms with Gasteiger partial charge in [-0.25, -0.2) is 9.69 Å². The zero-order chi connectivity index (χ0) is 14.8. The highest BCUT2D eigenvalue weighted by atomic mass is 16.2. The molecule has 1 aromatic heterocycles. The number of rotatable bonds is 1. The lowest BCUT2D eigenvalue weighted by molar-refractivity contribution is -0.122. The van der Waals surface area contributed by atoms with E-state index in [0.29, 0.717) is 5.69 Å². The number of nitrogens with one attached hydrogen (secondary N) is 1. The van der Waals surface area contributed by atoms with Gasteiger partial charge in [-0.2, -0.15) is 0 Å². The van der Waals surface area contributed by atoms with Gasteiger partial charge in [-0.3, -0.25) is 4.79 Å². The van der Waals surface area contributed by atoms with Gasteiger partial charge >= 0.3 is 6.03 Å². The lowest BCUT2D eigenvalue weighted by Gasteiger charge is -2.41. The molecular weight excluding hydrogens is 278 g/mol. The van der Waals surface area contributed by atoms with Crippen LogP contribution < -0.4 is 4.90 Å². The third kappa shape index (κ3) is 1.33. The molecule has 0 saturated carbocycles. The normalized spacial score (nSPS) is 29.7. The summed E-state index contributed by atoms with van der Waals surface area (Å²) in [4.78, 5) is 32.0. The molecule has 1 aromatic carbocycles. The fourth-order valence-electron chi connectivity index (χ4n) is 4.10. The zero-order valence-electron chi connectivity index (χ0n) is 11.9. The monoisotopic (exact) mass is 293 g/mol. The number of hydrogen-bond acceptors (Lipinski definition) is 2. The van der Waals surface area contributed by atoms with Gasteiger partial charge in [-0.1, -0.05) is 30.4 Å². The van der Waals surface area contributed by atoms with Crippen molar-refractivity contribution in [2.45, 2.75) is 24.9 Å². The smallest absolute Gasteiger partial charge is 0.332 e. The number of H-pyrrole nitrogens is 1. The first-order valence-electron chi connectivity index (χ1n) is 7.66. The molecule has 2 unspecified atom stereocenters. The molecule has 2 bridgehead atoms. The average molecular weight is 293 g/mol. The Hall–Kier alpha value is -2.56. The second kappa shape index (κ2) is 4.00. The van der Waals surface area contributed by atoms with Crippen LogP contribution in [-0.4, -0.2) is 33.9 Å². The van der Waals surface area contributed by atoms with E-state index in [4.69, 9.17) is 0 Å². The molecule has 2 saturated heterocycles. The maximum Gasteiger partial charge on any atom is 0.332 e. The van der Waals surface area contributed by atoms with Gasteiger partial charge in [0.2, 0.25) is 0 Å². The fraction of sp³-hybridized carbons (Fsp3) is 0.294. The lowest BCUT2D eigenvalue weighted by atomic mass is 9.80. The van der Waals surface area contributed by atoms with E-state index in [-0.39, 0.29) is 29.9 Å². The van der Waals surface area contributed by atoms with Crippen molar-refractivity contribution in [3.8, 4) is 0 Å². The Labute approximate surface area is 127 Å². The van der Waals surface area contributed by atoms with Crippen LogP contribution in [0.2, 0.25) is 0 Å². The van der Waals surface area contributed by atoms with Crippen LogP contribution in [0.1, 0.15) is 12.8 Å². The summed E-state index contributed by atoms with van der Waals surface area (Å²) >= 11 is 0. The molecule has 1 N–H and O–H groups in total. The molecule has 110 valence electrons. The Bertz CT molecular complexity index is 805. The van der Waals surface area contributed by atoms with Crippen molar-refractivity contribution in [1.29, 1.82) is 0 Å². The molecule has 5 nitrogen and oxygen atoms in total. The van der Waals surface area contributed by atoms with Gasteiger partial charge in [-0.05, 0) is 18.9 Å². The Morgan fingerprint density at radius 3 is 2.73 bits per heavy atom. The third-order valence-electron chi connectivity index (χ3n) is 5.13. The van der Waals surface area contributed by atoms with Crippen molar-refractivity contribution < 1.29 is 9.59 Å². The minimum absolute atomic E-state index is 0.0710. The van der Waals surface area contributed by atoms with Crippen LogP contribution in [0.3, 0.4) is 0 Å². The number of aromatic nitrogens is 1. The molecule has 1 aliphatic carbocycles. The van der Waals surface area contributed by atoms with Gasteiger partial charge < -0.3 is 9.88 Å². The van der Waals surface area contributed by atoms with E-state index in [0.717, 1.165) is 23.7 Å². The summed E-state index contributed by atoms with van der Waals surface area (Å²) in [6, 6.07) is 7.31. The number of para-hydroxylation sites is 1. The summed E-state index contributed by atoms with van der Waals surface area (Å²) in [5, 5.41) is 0.907. The number of carbonyl (C=O) groups is 2. The number of nitrogens with zero attached hydrogens (tertiary/aromatic N) is 2. The molecule has 4 aliphatic rings. The summed E-state index contributed by atoms with van der Waals surface area (Å²) in [5.41, 5.74) is 1.60. The van der Waals surface area contributed by atoms with Crippen molar-refractivity contribution in [2.75, 3.05) is 4.90 Å². The molecule has 4 heterocycles. The van der Waals surface area contributed by atoms with Gasteiger partial charge in [0, 0.05) is 23.0 Å². The number of aromatic amines is 1. The van der Waals surface area contributed by atoms with E-state index >= 15 is 0 Å². The lowest BCUT2D eigenvalue weighted by Crippen LogP contribution is -2.52. The number of urea groups is 1.